The fourth-order valence-corrected chi connectivity index (χ4v) is 5.23. The van der Waals surface area contributed by atoms with Crippen molar-refractivity contribution in [3.05, 3.63) is 52.6 Å². The Morgan fingerprint density at radius 2 is 1.70 bits per heavy atom. The first-order valence-corrected chi connectivity index (χ1v) is 11.4. The number of nitriles is 2. The summed E-state index contributed by atoms with van der Waals surface area (Å²) in [5, 5.41) is 21.0. The van der Waals surface area contributed by atoms with Gasteiger partial charge in [0.15, 0.2) is 0 Å². The first kappa shape index (κ1) is 20.7. The summed E-state index contributed by atoms with van der Waals surface area (Å²) in [5.41, 5.74) is 3.26. The predicted molar refractivity (Wildman–Crippen MR) is 119 cm³/mol. The van der Waals surface area contributed by atoms with Gasteiger partial charge < -0.3 is 9.64 Å². The van der Waals surface area contributed by atoms with E-state index in [4.69, 9.17) is 9.72 Å². The highest BCUT2D eigenvalue weighted by Gasteiger charge is 2.35. The van der Waals surface area contributed by atoms with Crippen molar-refractivity contribution in [1.29, 1.82) is 10.5 Å². The third-order valence-corrected chi connectivity index (χ3v) is 6.81. The van der Waals surface area contributed by atoms with Gasteiger partial charge in [-0.1, -0.05) is 42.1 Å². The number of hydrogen-bond acceptors (Lipinski definition) is 6. The molecule has 1 aliphatic heterocycles. The Labute approximate surface area is 182 Å². The second-order valence-corrected chi connectivity index (χ2v) is 9.56. The molecule has 154 valence electrons. The summed E-state index contributed by atoms with van der Waals surface area (Å²) >= 11 is 1.61. The number of ether oxygens (including phenoxy) is 1. The van der Waals surface area contributed by atoms with Crippen molar-refractivity contribution in [2.24, 2.45) is 0 Å². The van der Waals surface area contributed by atoms with Gasteiger partial charge in [-0.2, -0.15) is 10.5 Å². The molecule has 0 bridgehead atoms. The largest absolute Gasteiger partial charge is 0.372 e. The van der Waals surface area contributed by atoms with E-state index in [0.29, 0.717) is 36.0 Å². The summed E-state index contributed by atoms with van der Waals surface area (Å²) in [6.45, 7) is 7.62. The minimum Gasteiger partial charge on any atom is -0.372 e. The maximum absolute atomic E-state index is 10.0. The number of anilines is 1. The number of benzene rings is 1. The second kappa shape index (κ2) is 8.68. The van der Waals surface area contributed by atoms with Crippen LogP contribution in [-0.4, -0.2) is 30.3 Å². The Kier molecular flexibility index (Phi) is 5.99. The number of pyridine rings is 1. The van der Waals surface area contributed by atoms with Crippen molar-refractivity contribution >= 4 is 17.6 Å². The molecule has 0 radical (unpaired) electrons. The summed E-state index contributed by atoms with van der Waals surface area (Å²) in [6, 6.07) is 15.0. The van der Waals surface area contributed by atoms with Crippen LogP contribution in [0.25, 0.3) is 0 Å². The van der Waals surface area contributed by atoms with Crippen LogP contribution in [0.1, 0.15) is 67.0 Å². The molecule has 0 N–H and O–H groups in total. The molecule has 2 aliphatic rings. The number of morpholine rings is 1. The Hall–Kier alpha value is -2.54. The van der Waals surface area contributed by atoms with Crippen LogP contribution in [0, 0.1) is 22.7 Å². The van der Waals surface area contributed by atoms with Crippen molar-refractivity contribution in [2.75, 3.05) is 18.0 Å². The molecule has 2 fully saturated rings. The van der Waals surface area contributed by atoms with Gasteiger partial charge in [0.25, 0.3) is 0 Å². The zero-order chi connectivity index (χ0) is 21.3. The monoisotopic (exact) mass is 418 g/mol. The summed E-state index contributed by atoms with van der Waals surface area (Å²) in [4.78, 5) is 7.10. The SMILES string of the molecule is CC1CN(c2nc(SC(C)c3ccccc3)c(C#N)c(C3CC3)c2C#N)CC(C)O1. The minimum absolute atomic E-state index is 0.0708. The molecule has 1 saturated carbocycles. The molecule has 1 aromatic heterocycles. The van der Waals surface area contributed by atoms with Gasteiger partial charge in [-0.05, 0) is 50.7 Å². The maximum Gasteiger partial charge on any atom is 0.148 e. The van der Waals surface area contributed by atoms with E-state index < -0.39 is 0 Å². The highest BCUT2D eigenvalue weighted by atomic mass is 32.2. The predicted octanol–water partition coefficient (Wildman–Crippen LogP) is 5.17. The van der Waals surface area contributed by atoms with Crippen LogP contribution in [0.4, 0.5) is 5.82 Å². The molecular weight excluding hydrogens is 392 g/mol. The molecule has 0 amide bonds. The van der Waals surface area contributed by atoms with Crippen LogP contribution in [0.2, 0.25) is 0 Å². The molecule has 3 unspecified atom stereocenters. The summed E-state index contributed by atoms with van der Waals surface area (Å²) in [7, 11) is 0. The van der Waals surface area contributed by atoms with Crippen LogP contribution < -0.4 is 4.90 Å². The van der Waals surface area contributed by atoms with E-state index in [2.05, 4.69) is 36.1 Å². The fourth-order valence-electron chi connectivity index (χ4n) is 4.19. The lowest BCUT2D eigenvalue weighted by atomic mass is 9.99. The molecule has 4 rings (SSSR count). The molecule has 6 heteroatoms. The van der Waals surface area contributed by atoms with Crippen molar-refractivity contribution in [1.82, 2.24) is 4.98 Å². The Balaban J connectivity index is 1.80. The van der Waals surface area contributed by atoms with Gasteiger partial charge in [0.1, 0.15) is 23.0 Å². The topological polar surface area (TPSA) is 72.9 Å². The maximum atomic E-state index is 10.0. The summed E-state index contributed by atoms with van der Waals surface area (Å²) in [6.07, 6.45) is 2.20. The Morgan fingerprint density at radius 3 is 2.27 bits per heavy atom. The smallest absolute Gasteiger partial charge is 0.148 e. The van der Waals surface area contributed by atoms with Crippen molar-refractivity contribution in [3.63, 3.8) is 0 Å². The van der Waals surface area contributed by atoms with Crippen LogP contribution in [0.3, 0.4) is 0 Å². The van der Waals surface area contributed by atoms with E-state index in [-0.39, 0.29) is 17.5 Å². The number of aromatic nitrogens is 1. The highest BCUT2D eigenvalue weighted by molar-refractivity contribution is 7.99. The molecule has 3 atom stereocenters. The van der Waals surface area contributed by atoms with Gasteiger partial charge in [0, 0.05) is 18.3 Å². The van der Waals surface area contributed by atoms with Crippen LogP contribution >= 0.6 is 11.8 Å². The van der Waals surface area contributed by atoms with Crippen LogP contribution in [-0.2, 0) is 4.74 Å². The molecule has 1 aromatic carbocycles. The average Bonchev–Trinajstić information content (AvgIpc) is 3.57. The minimum atomic E-state index is 0.0708. The second-order valence-electron chi connectivity index (χ2n) is 8.24. The van der Waals surface area contributed by atoms with Gasteiger partial charge in [-0.15, -0.1) is 0 Å². The highest BCUT2D eigenvalue weighted by Crippen LogP contribution is 2.48. The third-order valence-electron chi connectivity index (χ3n) is 5.67. The lowest BCUT2D eigenvalue weighted by Gasteiger charge is -2.37. The third kappa shape index (κ3) is 4.17. The summed E-state index contributed by atoms with van der Waals surface area (Å²) in [5.74, 6) is 1.00. The van der Waals surface area contributed by atoms with Crippen molar-refractivity contribution < 1.29 is 4.74 Å². The van der Waals surface area contributed by atoms with Crippen molar-refractivity contribution in [2.45, 2.75) is 62.0 Å². The quantitative estimate of drug-likeness (QED) is 0.624. The van der Waals surface area contributed by atoms with Gasteiger partial charge >= 0.3 is 0 Å². The van der Waals surface area contributed by atoms with E-state index in [1.807, 2.05) is 32.0 Å². The first-order valence-electron chi connectivity index (χ1n) is 10.5. The fraction of sp³-hybridized carbons (Fsp3) is 0.458. The lowest BCUT2D eigenvalue weighted by molar-refractivity contribution is -0.00550. The standard InChI is InChI=1S/C24H26N4OS/c1-15-13-28(14-16(2)29-15)23-20(11-25)22(19-9-10-19)21(12-26)24(27-23)30-17(3)18-7-5-4-6-8-18/h4-8,15-17,19H,9-10,13-14H2,1-3H3. The molecule has 30 heavy (non-hydrogen) atoms. The normalized spacial score (nSPS) is 22.2. The van der Waals surface area contributed by atoms with Crippen LogP contribution in [0.5, 0.6) is 0 Å². The van der Waals surface area contributed by atoms with Crippen LogP contribution in [0.15, 0.2) is 35.4 Å². The summed E-state index contributed by atoms with van der Waals surface area (Å²) < 4.78 is 5.89. The zero-order valence-electron chi connectivity index (χ0n) is 17.6. The number of hydrogen-bond donors (Lipinski definition) is 0. The molecule has 1 saturated heterocycles. The average molecular weight is 419 g/mol. The lowest BCUT2D eigenvalue weighted by Crippen LogP contribution is -2.46. The zero-order valence-corrected chi connectivity index (χ0v) is 18.4. The van der Waals surface area contributed by atoms with E-state index in [9.17, 15) is 10.5 Å². The molecule has 1 aliphatic carbocycles. The van der Waals surface area contributed by atoms with E-state index in [1.54, 1.807) is 11.8 Å². The van der Waals surface area contributed by atoms with E-state index >= 15 is 0 Å². The van der Waals surface area contributed by atoms with Crippen molar-refractivity contribution in [3.8, 4) is 12.1 Å². The molecule has 5 nitrogen and oxygen atoms in total. The number of nitrogens with zero attached hydrogens (tertiary/aromatic N) is 4. The number of rotatable bonds is 5. The molecule has 2 aromatic rings. The Morgan fingerprint density at radius 1 is 1.07 bits per heavy atom. The van der Waals surface area contributed by atoms with Gasteiger partial charge in [0.05, 0.1) is 23.3 Å². The van der Waals surface area contributed by atoms with Gasteiger partial charge in [-0.25, -0.2) is 4.98 Å². The van der Waals surface area contributed by atoms with Gasteiger partial charge in [0.2, 0.25) is 0 Å². The molecule has 0 spiro atoms. The van der Waals surface area contributed by atoms with E-state index in [0.717, 1.165) is 23.4 Å². The number of thioether (sulfide) groups is 1. The Bertz CT molecular complexity index is 997. The van der Waals surface area contributed by atoms with Gasteiger partial charge in [-0.3, -0.25) is 0 Å². The molecular formula is C24H26N4OS. The first-order chi connectivity index (χ1) is 14.5. The molecule has 2 heterocycles. The van der Waals surface area contributed by atoms with E-state index in [1.165, 1.54) is 5.56 Å².